The molecule has 3 rings (SSSR count). The molecular formula is C17H14ClF3N2O. The summed E-state index contributed by atoms with van der Waals surface area (Å²) < 4.78 is 41.5. The van der Waals surface area contributed by atoms with Crippen molar-refractivity contribution in [1.29, 1.82) is 0 Å². The number of amides is 1. The van der Waals surface area contributed by atoms with E-state index in [1.54, 1.807) is 0 Å². The van der Waals surface area contributed by atoms with Crippen LogP contribution >= 0.6 is 11.6 Å². The smallest absolute Gasteiger partial charge is 0.258 e. The second-order valence-corrected chi connectivity index (χ2v) is 5.85. The van der Waals surface area contributed by atoms with Crippen LogP contribution in [0.2, 0.25) is 5.02 Å². The van der Waals surface area contributed by atoms with Gasteiger partial charge in [-0.1, -0.05) is 23.7 Å². The summed E-state index contributed by atoms with van der Waals surface area (Å²) in [5, 5.41) is 0.0441. The molecule has 3 nitrogen and oxygen atoms in total. The van der Waals surface area contributed by atoms with Crippen LogP contribution in [-0.2, 0) is 0 Å². The molecule has 2 aromatic carbocycles. The summed E-state index contributed by atoms with van der Waals surface area (Å²) in [4.78, 5) is 15.4. The van der Waals surface area contributed by atoms with Crippen molar-refractivity contribution in [2.75, 3.05) is 31.1 Å². The lowest BCUT2D eigenvalue weighted by Crippen LogP contribution is -2.49. The van der Waals surface area contributed by atoms with E-state index in [0.717, 1.165) is 0 Å². The Labute approximate surface area is 142 Å². The number of carbonyl (C=O) groups is 1. The molecule has 1 amide bonds. The standard InChI is InChI=1S/C17H14ClF3N2O/c18-11-3-1-4-12(19)15(11)17(24)23-9-7-22(8-10-23)16-13(20)5-2-6-14(16)21/h1-6H,7-10H2. The van der Waals surface area contributed by atoms with Gasteiger partial charge in [0.25, 0.3) is 5.91 Å². The molecule has 24 heavy (non-hydrogen) atoms. The van der Waals surface area contributed by atoms with Crippen molar-refractivity contribution >= 4 is 23.2 Å². The van der Waals surface area contributed by atoms with Gasteiger partial charge < -0.3 is 9.80 Å². The number of benzene rings is 2. The first-order chi connectivity index (χ1) is 11.5. The third kappa shape index (κ3) is 3.06. The van der Waals surface area contributed by atoms with E-state index in [-0.39, 0.29) is 42.5 Å². The maximum atomic E-state index is 13.9. The molecule has 0 atom stereocenters. The fourth-order valence-electron chi connectivity index (χ4n) is 2.78. The average Bonchev–Trinajstić information content (AvgIpc) is 2.55. The minimum absolute atomic E-state index is 0.0441. The predicted octanol–water partition coefficient (Wildman–Crippen LogP) is 3.72. The van der Waals surface area contributed by atoms with E-state index in [9.17, 15) is 18.0 Å². The Morgan fingerprint density at radius 3 is 2.00 bits per heavy atom. The van der Waals surface area contributed by atoms with Gasteiger partial charge in [-0.3, -0.25) is 4.79 Å². The molecule has 1 saturated heterocycles. The first-order valence-corrected chi connectivity index (χ1v) is 7.79. The Morgan fingerprint density at radius 2 is 1.42 bits per heavy atom. The highest BCUT2D eigenvalue weighted by Crippen LogP contribution is 2.26. The number of hydrogen-bond acceptors (Lipinski definition) is 2. The summed E-state index contributed by atoms with van der Waals surface area (Å²) in [6.07, 6.45) is 0. The number of nitrogens with zero attached hydrogens (tertiary/aromatic N) is 2. The van der Waals surface area contributed by atoms with Crippen molar-refractivity contribution in [2.24, 2.45) is 0 Å². The van der Waals surface area contributed by atoms with E-state index in [1.165, 1.54) is 46.2 Å². The quantitative estimate of drug-likeness (QED) is 0.820. The Morgan fingerprint density at radius 1 is 0.875 bits per heavy atom. The Kier molecular flexibility index (Phi) is 4.66. The largest absolute Gasteiger partial charge is 0.363 e. The number of hydrogen-bond donors (Lipinski definition) is 0. The number of carbonyl (C=O) groups excluding carboxylic acids is 1. The number of halogens is 4. The minimum atomic E-state index is -0.685. The highest BCUT2D eigenvalue weighted by molar-refractivity contribution is 6.33. The third-order valence-corrected chi connectivity index (χ3v) is 4.31. The van der Waals surface area contributed by atoms with E-state index in [2.05, 4.69) is 0 Å². The highest BCUT2D eigenvalue weighted by atomic mass is 35.5. The van der Waals surface area contributed by atoms with E-state index in [0.29, 0.717) is 0 Å². The van der Waals surface area contributed by atoms with Crippen LogP contribution in [0.5, 0.6) is 0 Å². The molecule has 1 fully saturated rings. The summed E-state index contributed by atoms with van der Waals surface area (Å²) in [6.45, 7) is 0.930. The molecule has 1 aliphatic rings. The van der Waals surface area contributed by atoms with Crippen LogP contribution in [0.3, 0.4) is 0 Å². The molecule has 126 valence electrons. The first-order valence-electron chi connectivity index (χ1n) is 7.41. The van der Waals surface area contributed by atoms with Crippen LogP contribution in [-0.4, -0.2) is 37.0 Å². The molecule has 1 heterocycles. The summed E-state index contributed by atoms with van der Waals surface area (Å²) in [7, 11) is 0. The predicted molar refractivity (Wildman–Crippen MR) is 85.9 cm³/mol. The van der Waals surface area contributed by atoms with Crippen molar-refractivity contribution in [3.05, 3.63) is 64.4 Å². The van der Waals surface area contributed by atoms with Crippen molar-refractivity contribution < 1.29 is 18.0 Å². The van der Waals surface area contributed by atoms with Gasteiger partial charge in [0.2, 0.25) is 0 Å². The molecule has 1 aliphatic heterocycles. The molecule has 0 saturated carbocycles. The van der Waals surface area contributed by atoms with Crippen LogP contribution in [0.15, 0.2) is 36.4 Å². The van der Waals surface area contributed by atoms with Gasteiger partial charge in [0, 0.05) is 26.2 Å². The summed E-state index contributed by atoms with van der Waals surface area (Å²) in [5.41, 5.74) is -0.279. The molecule has 0 aromatic heterocycles. The Bertz CT molecular complexity index is 736. The SMILES string of the molecule is O=C(c1c(F)cccc1Cl)N1CCN(c2c(F)cccc2F)CC1. The highest BCUT2D eigenvalue weighted by Gasteiger charge is 2.27. The van der Waals surface area contributed by atoms with Gasteiger partial charge in [0.1, 0.15) is 23.1 Å². The van der Waals surface area contributed by atoms with Gasteiger partial charge in [-0.2, -0.15) is 0 Å². The van der Waals surface area contributed by atoms with Crippen LogP contribution in [0.25, 0.3) is 0 Å². The molecule has 0 N–H and O–H groups in total. The van der Waals surface area contributed by atoms with Crippen molar-refractivity contribution in [3.8, 4) is 0 Å². The lowest BCUT2D eigenvalue weighted by atomic mass is 10.1. The van der Waals surface area contributed by atoms with Gasteiger partial charge in [0.15, 0.2) is 0 Å². The van der Waals surface area contributed by atoms with Crippen LogP contribution in [0.1, 0.15) is 10.4 Å². The second-order valence-electron chi connectivity index (χ2n) is 5.45. The van der Waals surface area contributed by atoms with Gasteiger partial charge in [-0.15, -0.1) is 0 Å². The topological polar surface area (TPSA) is 23.6 Å². The summed E-state index contributed by atoms with van der Waals surface area (Å²) in [6, 6.07) is 7.72. The molecule has 0 bridgehead atoms. The normalized spacial score (nSPS) is 14.8. The molecule has 0 spiro atoms. The lowest BCUT2D eigenvalue weighted by Gasteiger charge is -2.36. The van der Waals surface area contributed by atoms with Crippen LogP contribution < -0.4 is 4.90 Å². The van der Waals surface area contributed by atoms with Gasteiger partial charge >= 0.3 is 0 Å². The molecule has 7 heteroatoms. The molecule has 0 unspecified atom stereocenters. The lowest BCUT2D eigenvalue weighted by molar-refractivity contribution is 0.0742. The van der Waals surface area contributed by atoms with Crippen LogP contribution in [0.4, 0.5) is 18.9 Å². The van der Waals surface area contributed by atoms with Crippen molar-refractivity contribution in [3.63, 3.8) is 0 Å². The Hall–Kier alpha value is -2.21. The zero-order valence-corrected chi connectivity index (χ0v) is 13.4. The maximum Gasteiger partial charge on any atom is 0.258 e. The van der Waals surface area contributed by atoms with Gasteiger partial charge in [0.05, 0.1) is 10.6 Å². The molecule has 0 aliphatic carbocycles. The second kappa shape index (κ2) is 6.73. The zero-order valence-electron chi connectivity index (χ0n) is 12.6. The number of piperazine rings is 1. The molecule has 2 aromatic rings. The molecular weight excluding hydrogens is 341 g/mol. The van der Waals surface area contributed by atoms with Crippen LogP contribution in [0, 0.1) is 17.5 Å². The van der Waals surface area contributed by atoms with Gasteiger partial charge in [-0.25, -0.2) is 13.2 Å². The monoisotopic (exact) mass is 354 g/mol. The fourth-order valence-corrected chi connectivity index (χ4v) is 3.03. The van der Waals surface area contributed by atoms with E-state index >= 15 is 0 Å². The summed E-state index contributed by atoms with van der Waals surface area (Å²) >= 11 is 5.91. The van der Waals surface area contributed by atoms with Gasteiger partial charge in [-0.05, 0) is 24.3 Å². The van der Waals surface area contributed by atoms with E-state index < -0.39 is 23.4 Å². The molecule has 0 radical (unpaired) electrons. The van der Waals surface area contributed by atoms with E-state index in [4.69, 9.17) is 11.6 Å². The average molecular weight is 355 g/mol. The van der Waals surface area contributed by atoms with Crippen molar-refractivity contribution in [2.45, 2.75) is 0 Å². The number of anilines is 1. The minimum Gasteiger partial charge on any atom is -0.363 e. The van der Waals surface area contributed by atoms with E-state index in [1.807, 2.05) is 0 Å². The number of rotatable bonds is 2. The first kappa shape index (κ1) is 16.6. The number of para-hydroxylation sites is 1. The zero-order chi connectivity index (χ0) is 17.3. The summed E-state index contributed by atoms with van der Waals surface area (Å²) in [5.74, 6) is -2.50. The van der Waals surface area contributed by atoms with Crippen molar-refractivity contribution in [1.82, 2.24) is 4.90 Å². The maximum absolute atomic E-state index is 13.9. The Balaban J connectivity index is 1.75. The fraction of sp³-hybridized carbons (Fsp3) is 0.235. The third-order valence-electron chi connectivity index (χ3n) is 4.00.